The Labute approximate surface area is 103 Å². The number of carbonyl (C=O) groups excluding carboxylic acids is 2. The molecular weight excluding hydrogens is 218 g/mol. The summed E-state index contributed by atoms with van der Waals surface area (Å²) >= 11 is 0. The molecule has 0 radical (unpaired) electrons. The molecule has 1 fully saturated rings. The van der Waals surface area contributed by atoms with Gasteiger partial charge in [-0.3, -0.25) is 9.59 Å². The summed E-state index contributed by atoms with van der Waals surface area (Å²) in [6.45, 7) is 4.69. The first-order chi connectivity index (χ1) is 8.04. The van der Waals surface area contributed by atoms with Crippen molar-refractivity contribution in [3.05, 3.63) is 0 Å². The Balaban J connectivity index is 2.43. The van der Waals surface area contributed by atoms with Crippen molar-refractivity contribution >= 4 is 11.8 Å². The fourth-order valence-corrected chi connectivity index (χ4v) is 2.01. The molecule has 0 saturated carbocycles. The fourth-order valence-electron chi connectivity index (χ4n) is 2.01. The number of piperazine rings is 1. The van der Waals surface area contributed by atoms with Crippen LogP contribution in [-0.2, 0) is 9.59 Å². The third-order valence-corrected chi connectivity index (χ3v) is 2.92. The highest BCUT2D eigenvalue weighted by Crippen LogP contribution is 2.11. The van der Waals surface area contributed by atoms with Gasteiger partial charge in [0.25, 0.3) is 0 Å². The second-order valence-electron chi connectivity index (χ2n) is 5.04. The first kappa shape index (κ1) is 14.0. The Hall–Kier alpha value is -1.10. The van der Waals surface area contributed by atoms with E-state index < -0.39 is 0 Å². The van der Waals surface area contributed by atoms with Crippen LogP contribution >= 0.6 is 0 Å². The normalized spacial score (nSPS) is 24.7. The van der Waals surface area contributed by atoms with Crippen LogP contribution in [0.2, 0.25) is 0 Å². The minimum Gasteiger partial charge on any atom is -0.343 e. The van der Waals surface area contributed by atoms with E-state index >= 15 is 0 Å². The summed E-state index contributed by atoms with van der Waals surface area (Å²) in [4.78, 5) is 23.5. The Kier molecular flexibility index (Phi) is 5.41. The first-order valence-electron chi connectivity index (χ1n) is 6.35. The van der Waals surface area contributed by atoms with E-state index in [1.54, 1.807) is 0 Å². The van der Waals surface area contributed by atoms with E-state index in [-0.39, 0.29) is 23.9 Å². The third kappa shape index (κ3) is 4.34. The second-order valence-corrected chi connectivity index (χ2v) is 5.04. The van der Waals surface area contributed by atoms with Gasteiger partial charge in [0.05, 0.1) is 0 Å². The summed E-state index contributed by atoms with van der Waals surface area (Å²) in [7, 11) is 0. The highest BCUT2D eigenvalue weighted by atomic mass is 16.2. The molecule has 1 aliphatic heterocycles. The maximum atomic E-state index is 11.8. The standard InChI is InChI=1S/C12H23N3O2/c1-8(2)7-10-12(17)14-9(11(16)15-10)5-3-4-6-13/h8-10H,3-7,13H2,1-2H3,(H,14,17)(H,15,16)/t9-,10+/m0/s1. The molecule has 0 unspecified atom stereocenters. The third-order valence-electron chi connectivity index (χ3n) is 2.92. The number of hydrogen-bond donors (Lipinski definition) is 3. The van der Waals surface area contributed by atoms with Gasteiger partial charge >= 0.3 is 0 Å². The summed E-state index contributed by atoms with van der Waals surface area (Å²) in [5, 5.41) is 5.58. The summed E-state index contributed by atoms with van der Waals surface area (Å²) in [5.41, 5.74) is 5.40. The van der Waals surface area contributed by atoms with Gasteiger partial charge in [-0.1, -0.05) is 13.8 Å². The summed E-state index contributed by atoms with van der Waals surface area (Å²) in [6, 6.07) is -0.745. The molecular formula is C12H23N3O2. The summed E-state index contributed by atoms with van der Waals surface area (Å²) in [5.74, 6) is 0.267. The molecule has 2 amide bonds. The van der Waals surface area contributed by atoms with E-state index in [4.69, 9.17) is 5.73 Å². The van der Waals surface area contributed by atoms with Crippen LogP contribution in [0.3, 0.4) is 0 Å². The first-order valence-corrected chi connectivity index (χ1v) is 6.35. The van der Waals surface area contributed by atoms with Gasteiger partial charge in [0, 0.05) is 0 Å². The minimum atomic E-state index is -0.377. The molecule has 0 aromatic heterocycles. The molecule has 0 aliphatic carbocycles. The van der Waals surface area contributed by atoms with Gasteiger partial charge in [0.15, 0.2) is 0 Å². The Morgan fingerprint density at radius 2 is 1.71 bits per heavy atom. The molecule has 0 spiro atoms. The zero-order valence-corrected chi connectivity index (χ0v) is 10.7. The fraction of sp³-hybridized carbons (Fsp3) is 0.833. The zero-order chi connectivity index (χ0) is 12.8. The van der Waals surface area contributed by atoms with Crippen molar-refractivity contribution in [3.8, 4) is 0 Å². The SMILES string of the molecule is CC(C)C[C@H]1NC(=O)[C@H](CCCCN)NC1=O. The lowest BCUT2D eigenvalue weighted by molar-refractivity contribution is -0.137. The number of hydrogen-bond acceptors (Lipinski definition) is 3. The van der Waals surface area contributed by atoms with Crippen molar-refractivity contribution in [3.63, 3.8) is 0 Å². The van der Waals surface area contributed by atoms with Gasteiger partial charge in [-0.25, -0.2) is 0 Å². The largest absolute Gasteiger partial charge is 0.343 e. The molecule has 98 valence electrons. The molecule has 2 atom stereocenters. The maximum absolute atomic E-state index is 11.8. The van der Waals surface area contributed by atoms with Crippen LogP contribution in [0.15, 0.2) is 0 Å². The van der Waals surface area contributed by atoms with Crippen LogP contribution in [0.4, 0.5) is 0 Å². The Bertz CT molecular complexity index is 279. The molecule has 1 rings (SSSR count). The molecule has 1 heterocycles. The lowest BCUT2D eigenvalue weighted by Crippen LogP contribution is -2.61. The predicted molar refractivity (Wildman–Crippen MR) is 66.2 cm³/mol. The van der Waals surface area contributed by atoms with E-state index in [2.05, 4.69) is 10.6 Å². The van der Waals surface area contributed by atoms with Crippen molar-refractivity contribution in [1.82, 2.24) is 10.6 Å². The van der Waals surface area contributed by atoms with E-state index in [0.29, 0.717) is 25.3 Å². The van der Waals surface area contributed by atoms with Gasteiger partial charge in [-0.15, -0.1) is 0 Å². The summed E-state index contributed by atoms with van der Waals surface area (Å²) < 4.78 is 0. The number of carbonyl (C=O) groups is 2. The number of nitrogens with two attached hydrogens (primary N) is 1. The van der Waals surface area contributed by atoms with Crippen molar-refractivity contribution in [2.24, 2.45) is 11.7 Å². The van der Waals surface area contributed by atoms with Gasteiger partial charge in [0.2, 0.25) is 11.8 Å². The van der Waals surface area contributed by atoms with Gasteiger partial charge in [-0.05, 0) is 38.1 Å². The highest BCUT2D eigenvalue weighted by molar-refractivity contribution is 5.96. The minimum absolute atomic E-state index is 0.0592. The van der Waals surface area contributed by atoms with E-state index in [1.807, 2.05) is 13.8 Å². The number of rotatable bonds is 6. The van der Waals surface area contributed by atoms with Crippen molar-refractivity contribution in [2.75, 3.05) is 6.54 Å². The Morgan fingerprint density at radius 3 is 2.29 bits per heavy atom. The monoisotopic (exact) mass is 241 g/mol. The van der Waals surface area contributed by atoms with Gasteiger partial charge in [-0.2, -0.15) is 0 Å². The average molecular weight is 241 g/mol. The van der Waals surface area contributed by atoms with Gasteiger partial charge in [0.1, 0.15) is 12.1 Å². The molecule has 0 aromatic rings. The highest BCUT2D eigenvalue weighted by Gasteiger charge is 2.33. The zero-order valence-electron chi connectivity index (χ0n) is 10.7. The lowest BCUT2D eigenvalue weighted by atomic mass is 9.98. The quantitative estimate of drug-likeness (QED) is 0.579. The van der Waals surface area contributed by atoms with Crippen LogP contribution in [-0.4, -0.2) is 30.4 Å². The van der Waals surface area contributed by atoms with Crippen LogP contribution in [0.5, 0.6) is 0 Å². The van der Waals surface area contributed by atoms with Crippen molar-refractivity contribution < 1.29 is 9.59 Å². The molecule has 0 aromatic carbocycles. The summed E-state index contributed by atoms with van der Waals surface area (Å²) in [6.07, 6.45) is 3.11. The topological polar surface area (TPSA) is 84.2 Å². The second kappa shape index (κ2) is 6.59. The van der Waals surface area contributed by atoms with Crippen LogP contribution in [0.25, 0.3) is 0 Å². The van der Waals surface area contributed by atoms with Gasteiger partial charge < -0.3 is 16.4 Å². The predicted octanol–water partition coefficient (Wildman–Crippen LogP) is 0.145. The molecule has 1 aliphatic rings. The molecule has 1 saturated heterocycles. The number of nitrogens with one attached hydrogen (secondary N) is 2. The van der Waals surface area contributed by atoms with E-state index in [0.717, 1.165) is 12.8 Å². The molecule has 4 N–H and O–H groups in total. The smallest absolute Gasteiger partial charge is 0.243 e. The van der Waals surface area contributed by atoms with E-state index in [9.17, 15) is 9.59 Å². The Morgan fingerprint density at radius 1 is 1.12 bits per heavy atom. The van der Waals surface area contributed by atoms with Crippen molar-refractivity contribution in [2.45, 2.75) is 51.6 Å². The van der Waals surface area contributed by atoms with Crippen LogP contribution in [0.1, 0.15) is 39.5 Å². The maximum Gasteiger partial charge on any atom is 0.243 e. The lowest BCUT2D eigenvalue weighted by Gasteiger charge is -2.30. The molecule has 5 nitrogen and oxygen atoms in total. The van der Waals surface area contributed by atoms with Crippen LogP contribution < -0.4 is 16.4 Å². The van der Waals surface area contributed by atoms with E-state index in [1.165, 1.54) is 0 Å². The molecule has 17 heavy (non-hydrogen) atoms. The van der Waals surface area contributed by atoms with Crippen LogP contribution in [0, 0.1) is 5.92 Å². The van der Waals surface area contributed by atoms with Crippen molar-refractivity contribution in [1.29, 1.82) is 0 Å². The number of amides is 2. The molecule has 0 bridgehead atoms. The molecule has 5 heteroatoms. The average Bonchev–Trinajstić information content (AvgIpc) is 2.24. The number of unbranched alkanes of at least 4 members (excludes halogenated alkanes) is 1.